The highest BCUT2D eigenvalue weighted by atomic mass is 16.5. The molecule has 0 aliphatic carbocycles. The number of para-hydroxylation sites is 1. The van der Waals surface area contributed by atoms with Crippen LogP contribution in [0.1, 0.15) is 47.3 Å². The third kappa shape index (κ3) is 3.23. The summed E-state index contributed by atoms with van der Waals surface area (Å²) < 4.78 is 10.4. The fourth-order valence-electron chi connectivity index (χ4n) is 2.36. The van der Waals surface area contributed by atoms with Gasteiger partial charge < -0.3 is 9.26 Å². The molecule has 0 aliphatic heterocycles. The van der Waals surface area contributed by atoms with E-state index in [0.717, 1.165) is 16.6 Å². The van der Waals surface area contributed by atoms with Gasteiger partial charge in [0.15, 0.2) is 0 Å². The van der Waals surface area contributed by atoms with Gasteiger partial charge in [-0.25, -0.2) is 4.79 Å². The summed E-state index contributed by atoms with van der Waals surface area (Å²) in [7, 11) is 0. The van der Waals surface area contributed by atoms with Crippen molar-refractivity contribution in [2.24, 2.45) is 0 Å². The molecule has 2 aromatic heterocycles. The van der Waals surface area contributed by atoms with Crippen molar-refractivity contribution >= 4 is 16.9 Å². The highest BCUT2D eigenvalue weighted by Gasteiger charge is 2.16. The first-order chi connectivity index (χ1) is 11.0. The number of carbonyl (C=O) groups is 1. The van der Waals surface area contributed by atoms with E-state index < -0.39 is 0 Å². The number of carbonyl (C=O) groups excluding carboxylic acids is 1. The van der Waals surface area contributed by atoms with Crippen molar-refractivity contribution in [1.29, 1.82) is 0 Å². The molecule has 118 valence electrons. The highest BCUT2D eigenvalue weighted by Crippen LogP contribution is 2.23. The first-order valence-electron chi connectivity index (χ1n) is 7.53. The Morgan fingerprint density at radius 2 is 2.04 bits per heavy atom. The molecule has 0 saturated carbocycles. The Balaban J connectivity index is 1.92. The zero-order chi connectivity index (χ0) is 16.4. The zero-order valence-corrected chi connectivity index (χ0v) is 13.4. The van der Waals surface area contributed by atoms with Crippen molar-refractivity contribution in [3.63, 3.8) is 0 Å². The van der Waals surface area contributed by atoms with Crippen LogP contribution < -0.4 is 0 Å². The normalized spacial score (nSPS) is 11.1. The molecular formula is C18H18N2O3. The molecule has 0 atom stereocenters. The van der Waals surface area contributed by atoms with Gasteiger partial charge in [0.05, 0.1) is 11.1 Å². The van der Waals surface area contributed by atoms with E-state index in [9.17, 15) is 4.79 Å². The van der Waals surface area contributed by atoms with Gasteiger partial charge in [-0.2, -0.15) is 0 Å². The SMILES string of the molecule is Cc1cc(COC(=O)c2cc(C(C)C)nc3ccccc23)no1. The van der Waals surface area contributed by atoms with Crippen molar-refractivity contribution in [3.05, 3.63) is 59.1 Å². The molecule has 0 saturated heterocycles. The van der Waals surface area contributed by atoms with Gasteiger partial charge in [0.1, 0.15) is 18.1 Å². The minimum absolute atomic E-state index is 0.0871. The van der Waals surface area contributed by atoms with Gasteiger partial charge in [-0.1, -0.05) is 37.2 Å². The minimum Gasteiger partial charge on any atom is -0.455 e. The average molecular weight is 310 g/mol. The maximum Gasteiger partial charge on any atom is 0.339 e. The molecule has 0 spiro atoms. The Labute approximate surface area is 134 Å². The molecule has 5 nitrogen and oxygen atoms in total. The van der Waals surface area contributed by atoms with E-state index in [2.05, 4.69) is 10.1 Å². The van der Waals surface area contributed by atoms with E-state index >= 15 is 0 Å². The lowest BCUT2D eigenvalue weighted by Gasteiger charge is -2.11. The van der Waals surface area contributed by atoms with E-state index in [0.29, 0.717) is 17.0 Å². The minimum atomic E-state index is -0.383. The lowest BCUT2D eigenvalue weighted by atomic mass is 10.0. The van der Waals surface area contributed by atoms with Crippen LogP contribution in [0.4, 0.5) is 0 Å². The number of aryl methyl sites for hydroxylation is 1. The molecule has 0 radical (unpaired) electrons. The summed E-state index contributed by atoms with van der Waals surface area (Å²) in [5, 5.41) is 4.61. The van der Waals surface area contributed by atoms with E-state index in [1.165, 1.54) is 0 Å². The number of fused-ring (bicyclic) bond motifs is 1. The van der Waals surface area contributed by atoms with Crippen LogP contribution in [0.15, 0.2) is 40.9 Å². The molecule has 1 aromatic carbocycles. The Morgan fingerprint density at radius 1 is 1.26 bits per heavy atom. The molecule has 3 aromatic rings. The second-order valence-corrected chi connectivity index (χ2v) is 5.77. The molecule has 0 bridgehead atoms. The Bertz CT molecular complexity index is 852. The topological polar surface area (TPSA) is 65.2 Å². The van der Waals surface area contributed by atoms with Crippen LogP contribution in [0, 0.1) is 6.92 Å². The van der Waals surface area contributed by atoms with Crippen molar-refractivity contribution in [2.45, 2.75) is 33.3 Å². The molecule has 2 heterocycles. The molecule has 0 fully saturated rings. The summed E-state index contributed by atoms with van der Waals surface area (Å²) in [5.41, 5.74) is 2.79. The van der Waals surface area contributed by atoms with Crippen LogP contribution >= 0.6 is 0 Å². The number of hydrogen-bond donors (Lipinski definition) is 0. The molecule has 0 aliphatic rings. The number of benzene rings is 1. The summed E-state index contributed by atoms with van der Waals surface area (Å²) in [6, 6.07) is 11.1. The molecule has 3 rings (SSSR count). The van der Waals surface area contributed by atoms with E-state index in [4.69, 9.17) is 9.26 Å². The number of esters is 1. The molecule has 0 N–H and O–H groups in total. The first-order valence-corrected chi connectivity index (χ1v) is 7.53. The van der Waals surface area contributed by atoms with E-state index in [1.807, 2.05) is 44.2 Å². The number of nitrogens with zero attached hydrogens (tertiary/aromatic N) is 2. The van der Waals surface area contributed by atoms with Gasteiger partial charge in [0.2, 0.25) is 0 Å². The van der Waals surface area contributed by atoms with Gasteiger partial charge in [0.25, 0.3) is 0 Å². The predicted octanol–water partition coefficient (Wildman–Crippen LogP) is 4.01. The van der Waals surface area contributed by atoms with Crippen LogP contribution in [0.2, 0.25) is 0 Å². The van der Waals surface area contributed by atoms with E-state index in [-0.39, 0.29) is 18.5 Å². The van der Waals surface area contributed by atoms with Gasteiger partial charge in [-0.3, -0.25) is 4.98 Å². The summed E-state index contributed by atoms with van der Waals surface area (Å²) in [6.45, 7) is 5.97. The summed E-state index contributed by atoms with van der Waals surface area (Å²) in [5.74, 6) is 0.531. The maximum absolute atomic E-state index is 12.5. The fourth-order valence-corrected chi connectivity index (χ4v) is 2.36. The molecular weight excluding hydrogens is 292 g/mol. The predicted molar refractivity (Wildman–Crippen MR) is 86.2 cm³/mol. The van der Waals surface area contributed by atoms with Gasteiger partial charge >= 0.3 is 5.97 Å². The zero-order valence-electron chi connectivity index (χ0n) is 13.4. The van der Waals surface area contributed by atoms with Crippen LogP contribution in [-0.4, -0.2) is 16.1 Å². The summed E-state index contributed by atoms with van der Waals surface area (Å²) in [4.78, 5) is 17.1. The van der Waals surface area contributed by atoms with E-state index in [1.54, 1.807) is 13.0 Å². The van der Waals surface area contributed by atoms with Crippen molar-refractivity contribution in [3.8, 4) is 0 Å². The van der Waals surface area contributed by atoms with Gasteiger partial charge in [-0.15, -0.1) is 0 Å². The number of ether oxygens (including phenoxy) is 1. The monoisotopic (exact) mass is 310 g/mol. The summed E-state index contributed by atoms with van der Waals surface area (Å²) >= 11 is 0. The Hall–Kier alpha value is -2.69. The highest BCUT2D eigenvalue weighted by molar-refractivity contribution is 6.03. The van der Waals surface area contributed by atoms with Gasteiger partial charge in [-0.05, 0) is 25.0 Å². The van der Waals surface area contributed by atoms with Crippen molar-refractivity contribution in [2.75, 3.05) is 0 Å². The lowest BCUT2D eigenvalue weighted by molar-refractivity contribution is 0.0466. The van der Waals surface area contributed by atoms with Crippen LogP contribution in [0.25, 0.3) is 10.9 Å². The lowest BCUT2D eigenvalue weighted by Crippen LogP contribution is -2.08. The fraction of sp³-hybridized carbons (Fsp3) is 0.278. The second kappa shape index (κ2) is 6.20. The average Bonchev–Trinajstić information content (AvgIpc) is 2.97. The Kier molecular flexibility index (Phi) is 4.10. The van der Waals surface area contributed by atoms with Crippen LogP contribution in [0.5, 0.6) is 0 Å². The maximum atomic E-state index is 12.5. The number of aromatic nitrogens is 2. The number of pyridine rings is 1. The largest absolute Gasteiger partial charge is 0.455 e. The van der Waals surface area contributed by atoms with Crippen molar-refractivity contribution in [1.82, 2.24) is 10.1 Å². The van der Waals surface area contributed by atoms with Crippen molar-refractivity contribution < 1.29 is 14.1 Å². The van der Waals surface area contributed by atoms with Crippen LogP contribution in [-0.2, 0) is 11.3 Å². The third-order valence-corrected chi connectivity index (χ3v) is 3.58. The molecule has 0 amide bonds. The number of rotatable bonds is 4. The van der Waals surface area contributed by atoms with Crippen LogP contribution in [0.3, 0.4) is 0 Å². The third-order valence-electron chi connectivity index (χ3n) is 3.58. The molecule has 23 heavy (non-hydrogen) atoms. The second-order valence-electron chi connectivity index (χ2n) is 5.77. The number of hydrogen-bond acceptors (Lipinski definition) is 5. The smallest absolute Gasteiger partial charge is 0.339 e. The van der Waals surface area contributed by atoms with Gasteiger partial charge in [0, 0.05) is 17.1 Å². The quantitative estimate of drug-likeness (QED) is 0.681. The standard InChI is InChI=1S/C18H18N2O3/c1-11(2)17-9-15(14-6-4-5-7-16(14)19-17)18(21)22-10-13-8-12(3)23-20-13/h4-9,11H,10H2,1-3H3. The molecule has 0 unspecified atom stereocenters. The first kappa shape index (κ1) is 15.2. The molecule has 5 heteroatoms. The summed E-state index contributed by atoms with van der Waals surface area (Å²) in [6.07, 6.45) is 0. The Morgan fingerprint density at radius 3 is 2.74 bits per heavy atom.